The molecule has 0 fully saturated rings. The quantitative estimate of drug-likeness (QED) is 0.361. The number of hydrogen-bond donors (Lipinski definition) is 0. The predicted molar refractivity (Wildman–Crippen MR) is 28.0 cm³/mol. The number of rotatable bonds is 0. The smallest absolute Gasteiger partial charge is 0.245 e. The molecule has 0 amide bonds. The van der Waals surface area contributed by atoms with Crippen molar-refractivity contribution in [1.82, 2.24) is 0 Å². The minimum atomic E-state index is 0.792. The molecule has 2 nitrogen and oxygen atoms in total. The predicted octanol–water partition coefficient (Wildman–Crippen LogP) is 0.690. The van der Waals surface area contributed by atoms with Gasteiger partial charge in [-0.05, 0) is 0 Å². The van der Waals surface area contributed by atoms with E-state index in [0.29, 0.717) is 0 Å². The van der Waals surface area contributed by atoms with Gasteiger partial charge in [0.05, 0.1) is 5.38 Å². The zero-order chi connectivity index (χ0) is 5.28. The zero-order valence-corrected chi connectivity index (χ0v) is 4.73. The molecule has 7 heavy (non-hydrogen) atoms. The van der Waals surface area contributed by atoms with Gasteiger partial charge in [-0.2, -0.15) is 4.73 Å². The largest absolute Gasteiger partial charge is 0.618 e. The maximum Gasteiger partial charge on any atom is 0.245 e. The summed E-state index contributed by atoms with van der Waals surface area (Å²) < 4.78 is 0.852. The Labute approximate surface area is 45.6 Å². The van der Waals surface area contributed by atoms with Crippen molar-refractivity contribution >= 4 is 11.3 Å². The second-order valence-corrected chi connectivity index (χ2v) is 2.35. The van der Waals surface area contributed by atoms with Crippen molar-refractivity contribution in [2.24, 2.45) is 0 Å². The first kappa shape index (κ1) is 4.59. The van der Waals surface area contributed by atoms with E-state index in [-0.39, 0.29) is 0 Å². The van der Waals surface area contributed by atoms with Gasteiger partial charge in [0.2, 0.25) is 5.01 Å². The molecular formula is C4H5NOS. The highest BCUT2D eigenvalue weighted by atomic mass is 32.1. The van der Waals surface area contributed by atoms with E-state index in [4.69, 9.17) is 0 Å². The minimum absolute atomic E-state index is 0.792. The Morgan fingerprint density at radius 2 is 2.57 bits per heavy atom. The van der Waals surface area contributed by atoms with E-state index in [1.807, 2.05) is 0 Å². The third kappa shape index (κ3) is 0.718. The lowest BCUT2D eigenvalue weighted by Gasteiger charge is -1.86. The van der Waals surface area contributed by atoms with Gasteiger partial charge in [-0.15, -0.1) is 0 Å². The molecule has 0 atom stereocenters. The van der Waals surface area contributed by atoms with Gasteiger partial charge < -0.3 is 5.21 Å². The summed E-state index contributed by atoms with van der Waals surface area (Å²) in [5.41, 5.74) is 0. The zero-order valence-electron chi connectivity index (χ0n) is 3.92. The third-order valence-electron chi connectivity index (χ3n) is 0.745. The monoisotopic (exact) mass is 115 g/mol. The molecule has 0 N–H and O–H groups in total. The van der Waals surface area contributed by atoms with Crippen molar-refractivity contribution in [2.45, 2.75) is 6.92 Å². The lowest BCUT2D eigenvalue weighted by Crippen LogP contribution is -2.24. The molecule has 0 bridgehead atoms. The fourth-order valence-electron chi connectivity index (χ4n) is 0.341. The topological polar surface area (TPSA) is 26.9 Å². The van der Waals surface area contributed by atoms with Crippen LogP contribution in [0.2, 0.25) is 0 Å². The van der Waals surface area contributed by atoms with E-state index in [9.17, 15) is 5.21 Å². The average Bonchev–Trinajstić information content (AvgIpc) is 1.91. The Balaban J connectivity index is 3.12. The highest BCUT2D eigenvalue weighted by molar-refractivity contribution is 7.09. The molecule has 1 rings (SSSR count). The van der Waals surface area contributed by atoms with E-state index in [0.717, 1.165) is 9.74 Å². The van der Waals surface area contributed by atoms with E-state index in [2.05, 4.69) is 0 Å². The molecule has 38 valence electrons. The van der Waals surface area contributed by atoms with Crippen molar-refractivity contribution < 1.29 is 4.73 Å². The summed E-state index contributed by atoms with van der Waals surface area (Å²) in [5, 5.41) is 12.9. The van der Waals surface area contributed by atoms with Gasteiger partial charge in [0.25, 0.3) is 0 Å². The Morgan fingerprint density at radius 3 is 2.71 bits per heavy atom. The fourth-order valence-corrected chi connectivity index (χ4v) is 0.874. The van der Waals surface area contributed by atoms with Gasteiger partial charge in [-0.3, -0.25) is 0 Å². The van der Waals surface area contributed by atoms with Crippen molar-refractivity contribution in [3.05, 3.63) is 21.8 Å². The van der Waals surface area contributed by atoms with Gasteiger partial charge in [-0.1, -0.05) is 11.3 Å². The first-order valence-electron chi connectivity index (χ1n) is 1.94. The van der Waals surface area contributed by atoms with Gasteiger partial charge in [-0.25, -0.2) is 0 Å². The van der Waals surface area contributed by atoms with E-state index >= 15 is 0 Å². The van der Waals surface area contributed by atoms with Gasteiger partial charge in [0, 0.05) is 6.92 Å². The average molecular weight is 115 g/mol. The Hall–Kier alpha value is -0.570. The lowest BCUT2D eigenvalue weighted by molar-refractivity contribution is -0.606. The summed E-state index contributed by atoms with van der Waals surface area (Å²) in [6, 6.07) is 0. The molecule has 0 aliphatic heterocycles. The van der Waals surface area contributed by atoms with Crippen LogP contribution in [0.1, 0.15) is 5.01 Å². The van der Waals surface area contributed by atoms with Crippen LogP contribution in [-0.2, 0) is 0 Å². The number of hydrogen-bond acceptors (Lipinski definition) is 2. The Kier molecular flexibility index (Phi) is 0.982. The number of thiazole rings is 1. The maximum atomic E-state index is 10.3. The SMILES string of the molecule is Cc1scc[n+]1[O-]. The number of nitrogens with zero attached hydrogens (tertiary/aromatic N) is 1. The van der Waals surface area contributed by atoms with E-state index < -0.39 is 0 Å². The highest BCUT2D eigenvalue weighted by Crippen LogP contribution is 1.96. The van der Waals surface area contributed by atoms with Crippen LogP contribution in [0.4, 0.5) is 0 Å². The summed E-state index contributed by atoms with van der Waals surface area (Å²) in [6.07, 6.45) is 1.50. The molecule has 0 saturated heterocycles. The molecule has 0 aliphatic carbocycles. The Bertz CT molecular complexity index is 144. The standard InChI is InChI=1S/C4H5NOS/c1-4-5(6)2-3-7-4/h2-3H,1H3. The Morgan fingerprint density at radius 1 is 1.86 bits per heavy atom. The van der Waals surface area contributed by atoms with Gasteiger partial charge in [0.15, 0.2) is 6.20 Å². The van der Waals surface area contributed by atoms with Crippen LogP contribution in [0.3, 0.4) is 0 Å². The molecular weight excluding hydrogens is 110 g/mol. The normalized spacial score (nSPS) is 9.29. The van der Waals surface area contributed by atoms with Crippen LogP contribution >= 0.6 is 11.3 Å². The first-order chi connectivity index (χ1) is 3.30. The third-order valence-corrected chi connectivity index (χ3v) is 1.52. The molecule has 0 saturated carbocycles. The first-order valence-corrected chi connectivity index (χ1v) is 2.82. The van der Waals surface area contributed by atoms with Crippen LogP contribution in [0, 0.1) is 12.1 Å². The van der Waals surface area contributed by atoms with Crippen LogP contribution in [0.25, 0.3) is 0 Å². The van der Waals surface area contributed by atoms with Crippen molar-refractivity contribution in [3.8, 4) is 0 Å². The van der Waals surface area contributed by atoms with Gasteiger partial charge in [0.1, 0.15) is 0 Å². The highest BCUT2D eigenvalue weighted by Gasteiger charge is 1.93. The van der Waals surface area contributed by atoms with Crippen molar-refractivity contribution in [1.29, 1.82) is 0 Å². The van der Waals surface area contributed by atoms with E-state index in [1.54, 1.807) is 12.3 Å². The van der Waals surface area contributed by atoms with Crippen LogP contribution in [-0.4, -0.2) is 0 Å². The van der Waals surface area contributed by atoms with Crippen LogP contribution < -0.4 is 4.73 Å². The molecule has 0 aromatic carbocycles. The van der Waals surface area contributed by atoms with Crippen LogP contribution in [0.5, 0.6) is 0 Å². The summed E-state index contributed by atoms with van der Waals surface area (Å²) in [6.45, 7) is 1.79. The summed E-state index contributed by atoms with van der Waals surface area (Å²) >= 11 is 1.45. The fraction of sp³-hybridized carbons (Fsp3) is 0.250. The minimum Gasteiger partial charge on any atom is -0.618 e. The number of aryl methyl sites for hydroxylation is 1. The van der Waals surface area contributed by atoms with Gasteiger partial charge >= 0.3 is 0 Å². The molecule has 3 heteroatoms. The number of aromatic nitrogens is 1. The lowest BCUT2D eigenvalue weighted by atomic mass is 10.8. The summed E-state index contributed by atoms with van der Waals surface area (Å²) in [5.74, 6) is 0. The molecule has 0 unspecified atom stereocenters. The molecule has 1 aromatic rings. The summed E-state index contributed by atoms with van der Waals surface area (Å²) in [7, 11) is 0. The molecule has 0 radical (unpaired) electrons. The van der Waals surface area contributed by atoms with Crippen molar-refractivity contribution in [2.75, 3.05) is 0 Å². The molecule has 0 spiro atoms. The second-order valence-electron chi connectivity index (χ2n) is 1.25. The van der Waals surface area contributed by atoms with Crippen LogP contribution in [0.15, 0.2) is 11.6 Å². The maximum absolute atomic E-state index is 10.3. The second kappa shape index (κ2) is 1.50. The molecule has 1 heterocycles. The van der Waals surface area contributed by atoms with Crippen molar-refractivity contribution in [3.63, 3.8) is 0 Å². The summed E-state index contributed by atoms with van der Waals surface area (Å²) in [4.78, 5) is 0. The molecule has 0 aliphatic rings. The molecule has 1 aromatic heterocycles. The van der Waals surface area contributed by atoms with E-state index in [1.165, 1.54) is 17.5 Å².